The monoisotopic (exact) mass is 567 g/mol. The lowest BCUT2D eigenvalue weighted by molar-refractivity contribution is -0.138. The number of thiophene rings is 1. The Labute approximate surface area is 240 Å². The van der Waals surface area contributed by atoms with Gasteiger partial charge in [0.05, 0.1) is 0 Å². The molecule has 216 valence electrons. The van der Waals surface area contributed by atoms with E-state index in [1.165, 1.54) is 11.3 Å². The predicted molar refractivity (Wildman–Crippen MR) is 157 cm³/mol. The third kappa shape index (κ3) is 6.52. The normalized spacial score (nSPS) is 25.8. The lowest BCUT2D eigenvalue weighted by Gasteiger charge is -2.40. The molecule has 5 rings (SSSR count). The highest BCUT2D eigenvalue weighted by molar-refractivity contribution is 7.20. The summed E-state index contributed by atoms with van der Waals surface area (Å²) in [5.41, 5.74) is 0.953. The molecular formula is C31H41N3O5S. The number of piperazine rings is 1. The quantitative estimate of drug-likeness (QED) is 0.433. The molecule has 1 aromatic heterocycles. The molecule has 3 aliphatic rings. The molecule has 2 aromatic rings. The maximum absolute atomic E-state index is 14.2. The number of rotatable bonds is 6. The topological polar surface area (TPSA) is 90.4 Å². The summed E-state index contributed by atoms with van der Waals surface area (Å²) in [4.78, 5) is 46.2. The zero-order chi connectivity index (χ0) is 28.2. The maximum atomic E-state index is 14.2. The average Bonchev–Trinajstić information content (AvgIpc) is 3.37. The molecule has 3 fully saturated rings. The molecule has 0 atom stereocenters. The van der Waals surface area contributed by atoms with Crippen LogP contribution in [-0.2, 0) is 9.59 Å². The Morgan fingerprint density at radius 1 is 0.900 bits per heavy atom. The number of anilines is 1. The summed E-state index contributed by atoms with van der Waals surface area (Å²) in [5, 5.41) is 10.1. The van der Waals surface area contributed by atoms with Crippen LogP contribution in [0.4, 0.5) is 9.80 Å². The summed E-state index contributed by atoms with van der Waals surface area (Å²) in [5.74, 6) is 1.03. The summed E-state index contributed by atoms with van der Waals surface area (Å²) in [6.07, 6.45) is 5.23. The van der Waals surface area contributed by atoms with Crippen molar-refractivity contribution in [2.24, 2.45) is 17.8 Å². The molecule has 1 aliphatic heterocycles. The van der Waals surface area contributed by atoms with Crippen molar-refractivity contribution in [1.82, 2.24) is 9.80 Å². The molecule has 0 spiro atoms. The van der Waals surface area contributed by atoms with Gasteiger partial charge in [0, 0.05) is 55.0 Å². The van der Waals surface area contributed by atoms with Crippen LogP contribution in [0.25, 0.3) is 10.4 Å². The summed E-state index contributed by atoms with van der Waals surface area (Å²) in [6, 6.07) is 11.4. The van der Waals surface area contributed by atoms with Crippen molar-refractivity contribution in [3.8, 4) is 16.2 Å². The van der Waals surface area contributed by atoms with E-state index < -0.39 is 6.16 Å². The molecule has 8 nitrogen and oxygen atoms in total. The van der Waals surface area contributed by atoms with Crippen LogP contribution in [0.1, 0.15) is 58.3 Å². The number of carbonyl (C=O) groups excluding carboxylic acids is 2. The van der Waals surface area contributed by atoms with Crippen molar-refractivity contribution < 1.29 is 24.2 Å². The second-order valence-electron chi connectivity index (χ2n) is 11.8. The molecule has 1 saturated heterocycles. The second-order valence-corrected chi connectivity index (χ2v) is 12.8. The number of hydrogen-bond acceptors (Lipinski definition) is 6. The third-order valence-electron chi connectivity index (χ3n) is 8.98. The lowest BCUT2D eigenvalue weighted by atomic mass is 9.80. The van der Waals surface area contributed by atoms with Gasteiger partial charge in [0.25, 0.3) is 0 Å². The van der Waals surface area contributed by atoms with Crippen LogP contribution >= 0.6 is 11.3 Å². The van der Waals surface area contributed by atoms with E-state index in [-0.39, 0.29) is 35.4 Å². The van der Waals surface area contributed by atoms with E-state index in [0.717, 1.165) is 75.1 Å². The fraction of sp³-hybridized carbons (Fsp3) is 0.581. The van der Waals surface area contributed by atoms with Crippen molar-refractivity contribution in [3.05, 3.63) is 36.4 Å². The first kappa shape index (κ1) is 28.6. The third-order valence-corrected chi connectivity index (χ3v) is 10.1. The Morgan fingerprint density at radius 3 is 2.15 bits per heavy atom. The van der Waals surface area contributed by atoms with Gasteiger partial charge in [0.2, 0.25) is 11.8 Å². The standard InChI is InChI=1S/C31H41N3O5S/c1-21-8-10-24(11-9-21)29(36)34(25-14-12-23(13-15-25)28(35)33-18-16-32(2)17-19-33)30-26(39-31(37)38)20-27(40-30)22-6-4-3-5-7-22/h3-7,20-21,23-25H,8-19H2,1-2H3,(H,37,38). The number of amides is 2. The van der Waals surface area contributed by atoms with Gasteiger partial charge >= 0.3 is 6.16 Å². The van der Waals surface area contributed by atoms with Crippen LogP contribution < -0.4 is 9.64 Å². The molecule has 2 amide bonds. The van der Waals surface area contributed by atoms with E-state index in [9.17, 15) is 19.5 Å². The molecule has 0 unspecified atom stereocenters. The largest absolute Gasteiger partial charge is 0.511 e. The molecule has 2 saturated carbocycles. The number of carbonyl (C=O) groups is 3. The smallest absolute Gasteiger partial charge is 0.449 e. The number of carboxylic acid groups (broad SMARTS) is 1. The summed E-state index contributed by atoms with van der Waals surface area (Å²) in [6.45, 7) is 5.58. The van der Waals surface area contributed by atoms with E-state index >= 15 is 0 Å². The van der Waals surface area contributed by atoms with E-state index in [4.69, 9.17) is 4.74 Å². The Balaban J connectivity index is 1.41. The molecular weight excluding hydrogens is 526 g/mol. The van der Waals surface area contributed by atoms with Crippen LogP contribution in [0.2, 0.25) is 0 Å². The zero-order valence-electron chi connectivity index (χ0n) is 23.6. The molecule has 0 radical (unpaired) electrons. The average molecular weight is 568 g/mol. The van der Waals surface area contributed by atoms with Crippen molar-refractivity contribution in [1.29, 1.82) is 0 Å². The van der Waals surface area contributed by atoms with E-state index in [0.29, 0.717) is 23.8 Å². The lowest BCUT2D eigenvalue weighted by Crippen LogP contribution is -2.51. The number of hydrogen-bond donors (Lipinski definition) is 1. The second kappa shape index (κ2) is 12.7. The Morgan fingerprint density at radius 2 is 1.52 bits per heavy atom. The molecule has 2 heterocycles. The Bertz CT molecular complexity index is 1180. The zero-order valence-corrected chi connectivity index (χ0v) is 24.4. The highest BCUT2D eigenvalue weighted by Crippen LogP contribution is 2.47. The van der Waals surface area contributed by atoms with Gasteiger partial charge in [-0.05, 0) is 69.9 Å². The van der Waals surface area contributed by atoms with E-state index in [2.05, 4.69) is 18.9 Å². The first-order chi connectivity index (χ1) is 19.3. The minimum atomic E-state index is -1.39. The van der Waals surface area contributed by atoms with Crippen molar-refractivity contribution in [2.45, 2.75) is 64.3 Å². The SMILES string of the molecule is CC1CCC(C(=O)N(c2sc(-c3ccccc3)cc2OC(=O)O)C2CCC(C(=O)N3CCN(C)CC3)CC2)CC1. The maximum Gasteiger partial charge on any atom is 0.511 e. The van der Waals surface area contributed by atoms with Gasteiger partial charge < -0.3 is 19.6 Å². The van der Waals surface area contributed by atoms with Gasteiger partial charge in [-0.15, -0.1) is 11.3 Å². The first-order valence-electron chi connectivity index (χ1n) is 14.7. The Kier molecular flexibility index (Phi) is 9.10. The van der Waals surface area contributed by atoms with Crippen LogP contribution in [0, 0.1) is 17.8 Å². The number of ether oxygens (including phenoxy) is 1. The van der Waals surface area contributed by atoms with Gasteiger partial charge in [-0.3, -0.25) is 14.5 Å². The fourth-order valence-electron chi connectivity index (χ4n) is 6.46. The van der Waals surface area contributed by atoms with Crippen LogP contribution in [0.5, 0.6) is 5.75 Å². The van der Waals surface area contributed by atoms with Crippen LogP contribution in [0.3, 0.4) is 0 Å². The van der Waals surface area contributed by atoms with Crippen molar-refractivity contribution in [2.75, 3.05) is 38.1 Å². The molecule has 1 N–H and O–H groups in total. The molecule has 2 aliphatic carbocycles. The van der Waals surface area contributed by atoms with Crippen molar-refractivity contribution >= 4 is 34.3 Å². The highest BCUT2D eigenvalue weighted by atomic mass is 32.1. The van der Waals surface area contributed by atoms with E-state index in [1.54, 1.807) is 6.07 Å². The predicted octanol–water partition coefficient (Wildman–Crippen LogP) is 5.96. The minimum Gasteiger partial charge on any atom is -0.449 e. The number of nitrogens with zero attached hydrogens (tertiary/aromatic N) is 3. The van der Waals surface area contributed by atoms with Crippen LogP contribution in [-0.4, -0.2) is 72.1 Å². The van der Waals surface area contributed by atoms with Crippen molar-refractivity contribution in [3.63, 3.8) is 0 Å². The Hall–Kier alpha value is -2.91. The summed E-state index contributed by atoms with van der Waals surface area (Å²) < 4.78 is 5.29. The summed E-state index contributed by atoms with van der Waals surface area (Å²) in [7, 11) is 2.09. The summed E-state index contributed by atoms with van der Waals surface area (Å²) >= 11 is 1.42. The van der Waals surface area contributed by atoms with Gasteiger partial charge in [0.15, 0.2) is 5.75 Å². The first-order valence-corrected chi connectivity index (χ1v) is 15.5. The minimum absolute atomic E-state index is 0.0231. The van der Waals surface area contributed by atoms with Crippen LogP contribution in [0.15, 0.2) is 36.4 Å². The molecule has 0 bridgehead atoms. The highest BCUT2D eigenvalue weighted by Gasteiger charge is 2.39. The molecule has 1 aromatic carbocycles. The van der Waals surface area contributed by atoms with Gasteiger partial charge in [0.1, 0.15) is 5.00 Å². The molecule has 9 heteroatoms. The number of benzene rings is 1. The van der Waals surface area contributed by atoms with E-state index in [1.807, 2.05) is 40.1 Å². The van der Waals surface area contributed by atoms with Gasteiger partial charge in [-0.25, -0.2) is 4.79 Å². The van der Waals surface area contributed by atoms with Gasteiger partial charge in [-0.2, -0.15) is 0 Å². The number of likely N-dealkylation sites (N-methyl/N-ethyl adjacent to an activating group) is 1. The fourth-order valence-corrected chi connectivity index (χ4v) is 7.63. The van der Waals surface area contributed by atoms with Gasteiger partial charge in [-0.1, -0.05) is 37.3 Å². The molecule has 40 heavy (non-hydrogen) atoms.